The lowest BCUT2D eigenvalue weighted by atomic mass is 9.66. The molecule has 0 heterocycles. The third-order valence-corrected chi connectivity index (χ3v) is 2.98. The Balaban J connectivity index is 2.24. The molecule has 0 spiro atoms. The van der Waals surface area contributed by atoms with Gasteiger partial charge in [0.25, 0.3) is 0 Å². The molecule has 2 aliphatic carbocycles. The zero-order chi connectivity index (χ0) is 9.42. The zero-order valence-corrected chi connectivity index (χ0v) is 7.62. The maximum Gasteiger partial charge on any atom is 0.334 e. The number of rotatable bonds is 1. The lowest BCUT2D eigenvalue weighted by Crippen LogP contribution is -2.36. The van der Waals surface area contributed by atoms with Gasteiger partial charge in [0.15, 0.2) is 0 Å². The van der Waals surface area contributed by atoms with Crippen molar-refractivity contribution in [3.8, 4) is 0 Å². The summed E-state index contributed by atoms with van der Waals surface area (Å²) < 4.78 is 4.70. The van der Waals surface area contributed by atoms with Crippen molar-refractivity contribution in [1.29, 1.82) is 0 Å². The number of allylic oxidation sites excluding steroid dienone is 3. The van der Waals surface area contributed by atoms with Gasteiger partial charge in [0.1, 0.15) is 0 Å². The van der Waals surface area contributed by atoms with Gasteiger partial charge in [-0.05, 0) is 30.9 Å². The number of hydrogen-bond acceptors (Lipinski definition) is 3. The first-order valence-corrected chi connectivity index (χ1v) is 4.49. The van der Waals surface area contributed by atoms with Gasteiger partial charge in [0.2, 0.25) is 0 Å². The van der Waals surface area contributed by atoms with Crippen LogP contribution in [0.4, 0.5) is 0 Å². The average Bonchev–Trinajstić information content (AvgIpc) is 2.06. The molecular formula is C10H13NO2. The normalized spacial score (nSPS) is 30.8. The predicted octanol–water partition coefficient (Wildman–Crippen LogP) is 0.968. The van der Waals surface area contributed by atoms with Gasteiger partial charge in [-0.1, -0.05) is 0 Å². The number of esters is 1. The minimum absolute atomic E-state index is 0.210. The quantitative estimate of drug-likeness (QED) is 0.610. The molecule has 0 saturated heterocycles. The number of fused-ring (bicyclic) bond motifs is 1. The molecule has 2 N–H and O–H groups in total. The van der Waals surface area contributed by atoms with Crippen LogP contribution in [-0.4, -0.2) is 13.1 Å². The fraction of sp³-hybridized carbons (Fsp3) is 0.500. The summed E-state index contributed by atoms with van der Waals surface area (Å²) in [4.78, 5) is 11.3. The molecule has 1 unspecified atom stereocenters. The largest absolute Gasteiger partial charge is 0.466 e. The monoisotopic (exact) mass is 179 g/mol. The summed E-state index contributed by atoms with van der Waals surface area (Å²) in [5.41, 5.74) is 7.48. The van der Waals surface area contributed by atoms with Crippen LogP contribution >= 0.6 is 0 Å². The first-order valence-electron chi connectivity index (χ1n) is 4.49. The van der Waals surface area contributed by atoms with Crippen LogP contribution < -0.4 is 5.73 Å². The molecule has 0 aromatic heterocycles. The highest BCUT2D eigenvalue weighted by Gasteiger charge is 2.39. The minimum atomic E-state index is -0.210. The van der Waals surface area contributed by atoms with Gasteiger partial charge >= 0.3 is 5.97 Å². The molecule has 2 rings (SSSR count). The highest BCUT2D eigenvalue weighted by molar-refractivity contribution is 5.90. The van der Waals surface area contributed by atoms with Gasteiger partial charge in [-0.15, -0.1) is 0 Å². The summed E-state index contributed by atoms with van der Waals surface area (Å²) in [6.45, 7) is 0. The maximum absolute atomic E-state index is 11.3. The number of carbonyl (C=O) groups is 1. The molecule has 0 amide bonds. The molecule has 70 valence electrons. The fourth-order valence-electron chi connectivity index (χ4n) is 2.04. The molecule has 13 heavy (non-hydrogen) atoms. The Kier molecular flexibility index (Phi) is 1.87. The Morgan fingerprint density at radius 2 is 2.15 bits per heavy atom. The molecule has 2 atom stereocenters. The van der Waals surface area contributed by atoms with Crippen molar-refractivity contribution in [3.05, 3.63) is 23.4 Å². The Morgan fingerprint density at radius 3 is 2.69 bits per heavy atom. The van der Waals surface area contributed by atoms with Crippen molar-refractivity contribution >= 4 is 5.97 Å². The Labute approximate surface area is 77.2 Å². The fourth-order valence-corrected chi connectivity index (χ4v) is 2.04. The summed E-state index contributed by atoms with van der Waals surface area (Å²) in [6.07, 6.45) is 5.77. The lowest BCUT2D eigenvalue weighted by molar-refractivity contribution is -0.137. The van der Waals surface area contributed by atoms with Crippen molar-refractivity contribution < 1.29 is 9.53 Å². The van der Waals surface area contributed by atoms with Crippen LogP contribution in [0.15, 0.2) is 23.4 Å². The first kappa shape index (κ1) is 8.35. The van der Waals surface area contributed by atoms with Crippen LogP contribution in [0.25, 0.3) is 0 Å². The Hall–Kier alpha value is -1.25. The van der Waals surface area contributed by atoms with Crippen LogP contribution in [-0.2, 0) is 9.53 Å². The van der Waals surface area contributed by atoms with E-state index < -0.39 is 0 Å². The molecule has 0 aromatic rings. The second-order valence-electron chi connectivity index (χ2n) is 3.57. The smallest absolute Gasteiger partial charge is 0.334 e. The van der Waals surface area contributed by atoms with Gasteiger partial charge in [-0.2, -0.15) is 0 Å². The molecular weight excluding hydrogens is 166 g/mol. The van der Waals surface area contributed by atoms with Crippen LogP contribution in [0.2, 0.25) is 0 Å². The molecule has 0 aliphatic heterocycles. The Morgan fingerprint density at radius 1 is 1.46 bits per heavy atom. The van der Waals surface area contributed by atoms with E-state index in [0.29, 0.717) is 11.8 Å². The summed E-state index contributed by atoms with van der Waals surface area (Å²) in [5.74, 6) is 0.495. The van der Waals surface area contributed by atoms with Crippen molar-refractivity contribution in [3.63, 3.8) is 0 Å². The van der Waals surface area contributed by atoms with Crippen molar-refractivity contribution in [1.82, 2.24) is 0 Å². The molecule has 1 fully saturated rings. The van der Waals surface area contributed by atoms with E-state index >= 15 is 0 Å². The van der Waals surface area contributed by atoms with Gasteiger partial charge in [0, 0.05) is 17.2 Å². The second kappa shape index (κ2) is 2.91. The lowest BCUT2D eigenvalue weighted by Gasteiger charge is -2.39. The molecule has 1 saturated carbocycles. The number of carbonyl (C=O) groups excluding carboxylic acids is 1. The summed E-state index contributed by atoms with van der Waals surface area (Å²) in [5, 5.41) is 0. The molecule has 2 aliphatic rings. The van der Waals surface area contributed by atoms with E-state index in [1.54, 1.807) is 6.08 Å². The van der Waals surface area contributed by atoms with Gasteiger partial charge in [-0.3, -0.25) is 0 Å². The van der Waals surface area contributed by atoms with Crippen LogP contribution in [0.3, 0.4) is 0 Å². The molecule has 3 heteroatoms. The van der Waals surface area contributed by atoms with E-state index in [4.69, 9.17) is 10.5 Å². The summed E-state index contributed by atoms with van der Waals surface area (Å²) in [6, 6.07) is 0. The van der Waals surface area contributed by atoms with Crippen LogP contribution in [0.5, 0.6) is 0 Å². The maximum atomic E-state index is 11.3. The third-order valence-electron chi connectivity index (χ3n) is 2.98. The van der Waals surface area contributed by atoms with E-state index in [1.807, 2.05) is 6.08 Å². The molecule has 3 nitrogen and oxygen atoms in total. The van der Waals surface area contributed by atoms with E-state index in [2.05, 4.69) is 0 Å². The summed E-state index contributed by atoms with van der Waals surface area (Å²) >= 11 is 0. The predicted molar refractivity (Wildman–Crippen MR) is 48.6 cm³/mol. The van der Waals surface area contributed by atoms with Crippen LogP contribution in [0.1, 0.15) is 12.8 Å². The number of methoxy groups -OCH3 is 1. The van der Waals surface area contributed by atoms with Crippen molar-refractivity contribution in [2.45, 2.75) is 12.8 Å². The van der Waals surface area contributed by atoms with Gasteiger partial charge in [0.05, 0.1) is 7.11 Å². The van der Waals surface area contributed by atoms with Gasteiger partial charge < -0.3 is 10.5 Å². The standard InChI is InChI=1S/C10H13NO2/c1-13-10(12)8-4-5-9(11)7-3-2-6(7)8/h4-7H,2-3,11H2,1H3/t6?,7-/m0/s1. The van der Waals surface area contributed by atoms with Gasteiger partial charge in [-0.25, -0.2) is 4.79 Å². The molecule has 0 radical (unpaired) electrons. The molecule has 0 aromatic carbocycles. The number of hydrogen-bond donors (Lipinski definition) is 1. The zero-order valence-electron chi connectivity index (χ0n) is 7.62. The first-order chi connectivity index (χ1) is 6.24. The van der Waals surface area contributed by atoms with Crippen LogP contribution in [0, 0.1) is 11.8 Å². The number of ether oxygens (including phenoxy) is 1. The third kappa shape index (κ3) is 1.15. The summed E-state index contributed by atoms with van der Waals surface area (Å²) in [7, 11) is 1.42. The van der Waals surface area contributed by atoms with E-state index in [9.17, 15) is 4.79 Å². The highest BCUT2D eigenvalue weighted by Crippen LogP contribution is 2.44. The minimum Gasteiger partial charge on any atom is -0.466 e. The highest BCUT2D eigenvalue weighted by atomic mass is 16.5. The number of nitrogens with two attached hydrogens (primary N) is 1. The van der Waals surface area contributed by atoms with E-state index in [0.717, 1.165) is 24.1 Å². The topological polar surface area (TPSA) is 52.3 Å². The second-order valence-corrected chi connectivity index (χ2v) is 3.57. The average molecular weight is 179 g/mol. The van der Waals surface area contributed by atoms with Crippen molar-refractivity contribution in [2.24, 2.45) is 17.6 Å². The molecule has 0 bridgehead atoms. The SMILES string of the molecule is COC(=O)C1=CC=C(N)[C@H]2CCC12. The van der Waals surface area contributed by atoms with E-state index in [1.165, 1.54) is 7.11 Å². The van der Waals surface area contributed by atoms with Crippen molar-refractivity contribution in [2.75, 3.05) is 7.11 Å². The van der Waals surface area contributed by atoms with E-state index in [-0.39, 0.29) is 5.97 Å². The Bertz CT molecular complexity index is 304.